The number of amides is 1. The van der Waals surface area contributed by atoms with Crippen LogP contribution in [0.15, 0.2) is 42.5 Å². The molecule has 0 bridgehead atoms. The quantitative estimate of drug-likeness (QED) is 0.607. The Labute approximate surface area is 138 Å². The average molecular weight is 357 g/mol. The Bertz CT molecular complexity index is 913. The Hall–Kier alpha value is -2.54. The number of carbonyl (C=O) groups excluding carboxylic acids is 1. The first kappa shape index (κ1) is 16.3. The molecule has 3 aromatic rings. The SMILES string of the molecule is O=C(Nc1ccc2[nH]c(C(F)(F)F)cc2c1)c1c(F)cccc1Cl. The van der Waals surface area contributed by atoms with Crippen molar-refractivity contribution in [1.29, 1.82) is 0 Å². The van der Waals surface area contributed by atoms with Crippen LogP contribution in [0.3, 0.4) is 0 Å². The molecule has 0 fully saturated rings. The monoisotopic (exact) mass is 356 g/mol. The van der Waals surface area contributed by atoms with Crippen molar-refractivity contribution in [2.75, 3.05) is 5.32 Å². The summed E-state index contributed by atoms with van der Waals surface area (Å²) in [6.45, 7) is 0. The van der Waals surface area contributed by atoms with Gasteiger partial charge in [0.2, 0.25) is 0 Å². The molecule has 0 atom stereocenters. The summed E-state index contributed by atoms with van der Waals surface area (Å²) in [7, 11) is 0. The number of nitrogens with one attached hydrogen (secondary N) is 2. The molecule has 24 heavy (non-hydrogen) atoms. The van der Waals surface area contributed by atoms with Crippen LogP contribution in [0.1, 0.15) is 16.1 Å². The third-order valence-electron chi connectivity index (χ3n) is 3.37. The van der Waals surface area contributed by atoms with Gasteiger partial charge in [-0.25, -0.2) is 4.39 Å². The molecule has 0 saturated carbocycles. The van der Waals surface area contributed by atoms with Gasteiger partial charge in [-0.1, -0.05) is 17.7 Å². The van der Waals surface area contributed by atoms with E-state index < -0.39 is 23.6 Å². The summed E-state index contributed by atoms with van der Waals surface area (Å²) in [5.74, 6) is -1.58. The van der Waals surface area contributed by atoms with Crippen molar-refractivity contribution in [2.24, 2.45) is 0 Å². The number of aromatic amines is 1. The number of rotatable bonds is 2. The number of benzene rings is 2. The van der Waals surface area contributed by atoms with E-state index in [1.54, 1.807) is 0 Å². The first-order valence-corrected chi connectivity index (χ1v) is 7.09. The Morgan fingerprint density at radius 3 is 2.54 bits per heavy atom. The summed E-state index contributed by atoms with van der Waals surface area (Å²) in [4.78, 5) is 14.4. The van der Waals surface area contributed by atoms with Gasteiger partial charge in [-0.05, 0) is 36.4 Å². The number of H-pyrrole nitrogens is 1. The van der Waals surface area contributed by atoms with E-state index in [1.165, 1.54) is 30.3 Å². The van der Waals surface area contributed by atoms with Gasteiger partial charge in [0.15, 0.2) is 0 Å². The summed E-state index contributed by atoms with van der Waals surface area (Å²) in [6.07, 6.45) is -4.50. The van der Waals surface area contributed by atoms with Gasteiger partial charge in [0.1, 0.15) is 11.5 Å². The molecule has 0 aliphatic carbocycles. The molecular weight excluding hydrogens is 348 g/mol. The molecule has 1 heterocycles. The smallest absolute Gasteiger partial charge is 0.351 e. The number of hydrogen-bond acceptors (Lipinski definition) is 1. The van der Waals surface area contributed by atoms with Gasteiger partial charge in [-0.15, -0.1) is 0 Å². The third kappa shape index (κ3) is 3.07. The molecule has 0 saturated heterocycles. The second kappa shape index (κ2) is 5.83. The molecule has 0 aliphatic rings. The maximum absolute atomic E-state index is 13.7. The molecule has 124 valence electrons. The molecule has 0 aliphatic heterocycles. The van der Waals surface area contributed by atoms with Crippen LogP contribution in [0.5, 0.6) is 0 Å². The van der Waals surface area contributed by atoms with Crippen LogP contribution in [0.4, 0.5) is 23.2 Å². The number of carbonyl (C=O) groups is 1. The largest absolute Gasteiger partial charge is 0.431 e. The predicted molar refractivity (Wildman–Crippen MR) is 82.7 cm³/mol. The van der Waals surface area contributed by atoms with Gasteiger partial charge in [-0.2, -0.15) is 13.2 Å². The average Bonchev–Trinajstić information content (AvgIpc) is 2.90. The molecule has 2 N–H and O–H groups in total. The highest BCUT2D eigenvalue weighted by molar-refractivity contribution is 6.34. The maximum Gasteiger partial charge on any atom is 0.431 e. The van der Waals surface area contributed by atoms with Crippen molar-refractivity contribution in [3.63, 3.8) is 0 Å². The lowest BCUT2D eigenvalue weighted by Crippen LogP contribution is -2.14. The molecule has 2 aromatic carbocycles. The standard InChI is InChI=1S/C16H9ClF4N2O/c17-10-2-1-3-11(18)14(10)15(24)22-9-4-5-12-8(6-9)7-13(23-12)16(19,20)21/h1-7,23H,(H,22,24). The second-order valence-corrected chi connectivity index (χ2v) is 5.44. The minimum absolute atomic E-state index is 0.0606. The first-order valence-electron chi connectivity index (χ1n) is 6.71. The fourth-order valence-corrected chi connectivity index (χ4v) is 2.52. The van der Waals surface area contributed by atoms with Crippen LogP contribution in [0.2, 0.25) is 5.02 Å². The number of halogens is 5. The van der Waals surface area contributed by atoms with Gasteiger partial charge < -0.3 is 10.3 Å². The van der Waals surface area contributed by atoms with Crippen LogP contribution in [-0.2, 0) is 6.18 Å². The fourth-order valence-electron chi connectivity index (χ4n) is 2.27. The van der Waals surface area contributed by atoms with Gasteiger partial charge in [0.25, 0.3) is 5.91 Å². The summed E-state index contributed by atoms with van der Waals surface area (Å²) in [6, 6.07) is 8.90. The normalized spacial score (nSPS) is 11.7. The summed E-state index contributed by atoms with van der Waals surface area (Å²) in [5.41, 5.74) is -0.730. The van der Waals surface area contributed by atoms with Gasteiger partial charge in [0.05, 0.1) is 10.6 Å². The molecule has 8 heteroatoms. The predicted octanol–water partition coefficient (Wildman–Crippen LogP) is 5.23. The Balaban J connectivity index is 1.91. The zero-order chi connectivity index (χ0) is 17.5. The molecular formula is C16H9ClF4N2O. The number of hydrogen-bond donors (Lipinski definition) is 2. The van der Waals surface area contributed by atoms with Gasteiger partial charge in [0, 0.05) is 16.6 Å². The lowest BCUT2D eigenvalue weighted by molar-refractivity contribution is -0.140. The van der Waals surface area contributed by atoms with E-state index in [1.807, 2.05) is 0 Å². The van der Waals surface area contributed by atoms with E-state index in [4.69, 9.17) is 11.6 Å². The number of anilines is 1. The fraction of sp³-hybridized carbons (Fsp3) is 0.0625. The third-order valence-corrected chi connectivity index (χ3v) is 3.69. The van der Waals surface area contributed by atoms with Crippen molar-refractivity contribution in [1.82, 2.24) is 4.98 Å². The first-order chi connectivity index (χ1) is 11.3. The van der Waals surface area contributed by atoms with E-state index in [0.29, 0.717) is 0 Å². The molecule has 0 radical (unpaired) electrons. The lowest BCUT2D eigenvalue weighted by atomic mass is 10.1. The molecule has 1 aromatic heterocycles. The molecule has 3 nitrogen and oxygen atoms in total. The Morgan fingerprint density at radius 2 is 1.88 bits per heavy atom. The molecule has 0 unspecified atom stereocenters. The minimum Gasteiger partial charge on any atom is -0.351 e. The summed E-state index contributed by atoms with van der Waals surface area (Å²) < 4.78 is 51.8. The molecule has 3 rings (SSSR count). The second-order valence-electron chi connectivity index (χ2n) is 5.03. The van der Waals surface area contributed by atoms with Gasteiger partial charge >= 0.3 is 6.18 Å². The highest BCUT2D eigenvalue weighted by atomic mass is 35.5. The van der Waals surface area contributed by atoms with Crippen LogP contribution in [0.25, 0.3) is 10.9 Å². The van der Waals surface area contributed by atoms with Crippen LogP contribution < -0.4 is 5.32 Å². The zero-order valence-electron chi connectivity index (χ0n) is 11.8. The van der Waals surface area contributed by atoms with Crippen molar-refractivity contribution in [2.45, 2.75) is 6.18 Å². The van der Waals surface area contributed by atoms with E-state index in [0.717, 1.165) is 12.1 Å². The van der Waals surface area contributed by atoms with Gasteiger partial charge in [-0.3, -0.25) is 4.79 Å². The van der Waals surface area contributed by atoms with Crippen molar-refractivity contribution in [3.05, 3.63) is 64.6 Å². The Kier molecular flexibility index (Phi) is 3.96. The van der Waals surface area contributed by atoms with E-state index in [-0.39, 0.29) is 27.2 Å². The highest BCUT2D eigenvalue weighted by Gasteiger charge is 2.32. The highest BCUT2D eigenvalue weighted by Crippen LogP contribution is 2.32. The van der Waals surface area contributed by atoms with Crippen molar-refractivity contribution < 1.29 is 22.4 Å². The van der Waals surface area contributed by atoms with Crippen molar-refractivity contribution in [3.8, 4) is 0 Å². The lowest BCUT2D eigenvalue weighted by Gasteiger charge is -2.07. The van der Waals surface area contributed by atoms with Crippen LogP contribution >= 0.6 is 11.6 Å². The Morgan fingerprint density at radius 1 is 1.12 bits per heavy atom. The van der Waals surface area contributed by atoms with E-state index >= 15 is 0 Å². The minimum atomic E-state index is -4.50. The number of fused-ring (bicyclic) bond motifs is 1. The zero-order valence-corrected chi connectivity index (χ0v) is 12.6. The summed E-state index contributed by atoms with van der Waals surface area (Å²) in [5, 5.41) is 2.62. The molecule has 1 amide bonds. The van der Waals surface area contributed by atoms with Crippen LogP contribution in [0, 0.1) is 5.82 Å². The number of alkyl halides is 3. The van der Waals surface area contributed by atoms with Crippen molar-refractivity contribution >= 4 is 34.1 Å². The van der Waals surface area contributed by atoms with E-state index in [9.17, 15) is 22.4 Å². The number of aromatic nitrogens is 1. The maximum atomic E-state index is 13.7. The van der Waals surface area contributed by atoms with Crippen LogP contribution in [-0.4, -0.2) is 10.9 Å². The summed E-state index contributed by atoms with van der Waals surface area (Å²) >= 11 is 5.81. The van der Waals surface area contributed by atoms with E-state index in [2.05, 4.69) is 10.3 Å². The molecule has 0 spiro atoms. The topological polar surface area (TPSA) is 44.9 Å².